The second-order valence-electron chi connectivity index (χ2n) is 17.2. The van der Waals surface area contributed by atoms with Crippen molar-refractivity contribution in [1.82, 2.24) is 5.32 Å². The van der Waals surface area contributed by atoms with Crippen LogP contribution in [-0.4, -0.2) is 107 Å². The molecule has 7 N–H and O–H groups in total. The van der Waals surface area contributed by atoms with Gasteiger partial charge in [0, 0.05) is 0 Å². The second-order valence-corrected chi connectivity index (χ2v) is 18.2. The van der Waals surface area contributed by atoms with Crippen LogP contribution in [-0.2, 0) is 28.9 Å². The zero-order valence-corrected chi connectivity index (χ0v) is 38.5. The number of unbranched alkanes of at least 4 members (excludes halogenated alkanes) is 26. The third kappa shape index (κ3) is 29.2. The Morgan fingerprint density at radius 2 is 1.07 bits per heavy atom. The quantitative estimate of drug-likeness (QED) is 0.0175. The molecule has 1 aliphatic rings. The van der Waals surface area contributed by atoms with Crippen LogP contribution in [0.1, 0.15) is 213 Å². The Kier molecular flexibility index (Phi) is 35.2. The van der Waals surface area contributed by atoms with Crippen LogP contribution < -0.4 is 5.32 Å². The van der Waals surface area contributed by atoms with Gasteiger partial charge in [-0.3, -0.25) is 9.35 Å². The summed E-state index contributed by atoms with van der Waals surface area (Å²) in [6, 6.07) is -1.03. The van der Waals surface area contributed by atoms with Crippen LogP contribution in [0.2, 0.25) is 0 Å². The monoisotopic (exact) mass is 880 g/mol. The van der Waals surface area contributed by atoms with Gasteiger partial charge in [0.1, 0.15) is 30.5 Å². The van der Waals surface area contributed by atoms with E-state index in [9.17, 15) is 43.3 Å². The molecule has 0 bridgehead atoms. The van der Waals surface area contributed by atoms with Gasteiger partial charge in [0.2, 0.25) is 5.91 Å². The van der Waals surface area contributed by atoms with Gasteiger partial charge < -0.3 is 40.3 Å². The first-order chi connectivity index (χ1) is 28.9. The highest BCUT2D eigenvalue weighted by atomic mass is 32.3. The molecule has 60 heavy (non-hydrogen) atoms. The number of amides is 1. The molecule has 1 rings (SSSR count). The van der Waals surface area contributed by atoms with E-state index < -0.39 is 78.5 Å². The van der Waals surface area contributed by atoms with Gasteiger partial charge in [-0.1, -0.05) is 187 Å². The van der Waals surface area contributed by atoms with Crippen LogP contribution in [0.4, 0.5) is 0 Å². The molecule has 0 aromatic rings. The van der Waals surface area contributed by atoms with Gasteiger partial charge in [0.05, 0.1) is 25.4 Å². The first-order valence-corrected chi connectivity index (χ1v) is 25.5. The lowest BCUT2D eigenvalue weighted by atomic mass is 9.99. The normalized spacial score (nSPS) is 21.4. The maximum atomic E-state index is 13.1. The molecular weight excluding hydrogens is 791 g/mol. The van der Waals surface area contributed by atoms with E-state index in [1.165, 1.54) is 116 Å². The van der Waals surface area contributed by atoms with Crippen LogP contribution in [0.3, 0.4) is 0 Å². The minimum atomic E-state index is -5.11. The van der Waals surface area contributed by atoms with Gasteiger partial charge in [-0.15, -0.1) is 0 Å². The number of aliphatic hydroxyl groups is 5. The summed E-state index contributed by atoms with van der Waals surface area (Å²) in [5, 5.41) is 55.4. The molecule has 1 saturated heterocycles. The molecule has 8 unspecified atom stereocenters. The van der Waals surface area contributed by atoms with Gasteiger partial charge in [-0.05, 0) is 38.5 Å². The van der Waals surface area contributed by atoms with E-state index in [1.54, 1.807) is 0 Å². The van der Waals surface area contributed by atoms with Crippen molar-refractivity contribution in [3.8, 4) is 0 Å². The molecule has 13 nitrogen and oxygen atoms in total. The fourth-order valence-electron chi connectivity index (χ4n) is 7.81. The molecule has 1 fully saturated rings. The average Bonchev–Trinajstić information content (AvgIpc) is 3.22. The third-order valence-electron chi connectivity index (χ3n) is 11.7. The van der Waals surface area contributed by atoms with Crippen molar-refractivity contribution in [2.24, 2.45) is 0 Å². The van der Waals surface area contributed by atoms with E-state index in [1.807, 2.05) is 0 Å². The highest BCUT2D eigenvalue weighted by Crippen LogP contribution is 2.26. The molecule has 0 aliphatic carbocycles. The fourth-order valence-corrected chi connectivity index (χ4v) is 8.32. The number of aliphatic hydroxyl groups excluding tert-OH is 5. The molecule has 1 amide bonds. The Morgan fingerprint density at radius 3 is 1.50 bits per heavy atom. The van der Waals surface area contributed by atoms with Crippen molar-refractivity contribution >= 4 is 16.3 Å². The topological polar surface area (TPSA) is 212 Å². The predicted molar refractivity (Wildman–Crippen MR) is 238 cm³/mol. The maximum absolute atomic E-state index is 13.1. The summed E-state index contributed by atoms with van der Waals surface area (Å²) in [6.45, 7) is 3.27. The van der Waals surface area contributed by atoms with Crippen LogP contribution in [0.5, 0.6) is 0 Å². The average molecular weight is 880 g/mol. The first kappa shape index (κ1) is 56.8. The number of rotatable bonds is 41. The van der Waals surface area contributed by atoms with Crippen molar-refractivity contribution in [3.05, 3.63) is 12.2 Å². The molecule has 0 radical (unpaired) electrons. The highest BCUT2D eigenvalue weighted by molar-refractivity contribution is 7.80. The fraction of sp³-hybridized carbons (Fsp3) is 0.935. The molecule has 0 saturated carbocycles. The number of ether oxygens (including phenoxy) is 2. The van der Waals surface area contributed by atoms with Crippen LogP contribution in [0.15, 0.2) is 12.2 Å². The lowest BCUT2D eigenvalue weighted by Crippen LogP contribution is -2.61. The Balaban J connectivity index is 2.50. The number of nitrogens with one attached hydrogen (secondary N) is 1. The van der Waals surface area contributed by atoms with E-state index >= 15 is 0 Å². The van der Waals surface area contributed by atoms with Crippen LogP contribution in [0.25, 0.3) is 0 Å². The largest absolute Gasteiger partial charge is 0.397 e. The van der Waals surface area contributed by atoms with E-state index in [0.29, 0.717) is 19.3 Å². The van der Waals surface area contributed by atoms with Crippen molar-refractivity contribution in [1.29, 1.82) is 0 Å². The summed E-state index contributed by atoms with van der Waals surface area (Å²) in [5.41, 5.74) is 0. The molecule has 1 aliphatic heterocycles. The van der Waals surface area contributed by atoms with Gasteiger partial charge in [-0.25, -0.2) is 4.18 Å². The first-order valence-electron chi connectivity index (χ1n) is 24.2. The third-order valence-corrected chi connectivity index (χ3v) is 12.1. The van der Waals surface area contributed by atoms with Gasteiger partial charge in [0.15, 0.2) is 6.29 Å². The Labute approximate surface area is 364 Å². The smallest absolute Gasteiger partial charge is 0.394 e. The molecule has 14 heteroatoms. The molecular formula is C46H89NO12S. The van der Waals surface area contributed by atoms with Crippen molar-refractivity contribution in [3.63, 3.8) is 0 Å². The highest BCUT2D eigenvalue weighted by Gasteiger charge is 2.48. The van der Waals surface area contributed by atoms with Gasteiger partial charge in [0.25, 0.3) is 0 Å². The summed E-state index contributed by atoms with van der Waals surface area (Å²) in [6.07, 6.45) is 28.3. The molecule has 0 aromatic heterocycles. The minimum Gasteiger partial charge on any atom is -0.394 e. The van der Waals surface area contributed by atoms with Gasteiger partial charge in [-0.2, -0.15) is 8.42 Å². The summed E-state index contributed by atoms with van der Waals surface area (Å²) < 4.78 is 47.6. The summed E-state index contributed by atoms with van der Waals surface area (Å²) in [7, 11) is -5.11. The van der Waals surface area contributed by atoms with Crippen molar-refractivity contribution < 1.29 is 57.0 Å². The predicted octanol–water partition coefficient (Wildman–Crippen LogP) is 8.53. The number of hydrogen-bond donors (Lipinski definition) is 7. The minimum absolute atomic E-state index is 0.255. The zero-order valence-electron chi connectivity index (χ0n) is 37.6. The molecule has 356 valence electrons. The molecule has 0 aromatic carbocycles. The second kappa shape index (κ2) is 37.2. The number of carbonyl (C=O) groups is 1. The van der Waals surface area contributed by atoms with Crippen LogP contribution >= 0.6 is 0 Å². The molecule has 0 spiro atoms. The van der Waals surface area contributed by atoms with Crippen LogP contribution in [0, 0.1) is 0 Å². The number of hydrogen-bond acceptors (Lipinski definition) is 11. The maximum Gasteiger partial charge on any atom is 0.397 e. The summed E-state index contributed by atoms with van der Waals surface area (Å²) in [5.74, 6) is -0.673. The standard InChI is InChI=1S/C46H89NO12S/c1-3-5-7-9-11-13-15-17-18-19-20-21-22-23-25-27-29-31-33-35-40(50)45(53)47-38(39(49)34-32-30-28-26-24-16-14-12-10-8-6-4-2)37-57-46-43(52)44(59-60(54,55)56)42(51)41(36-48)58-46/h20-21,38-44,46,48-52H,3-19,22-37H2,1-2H3,(H,47,53)(H,54,55,56)/b21-20-. The molecule has 1 heterocycles. The van der Waals surface area contributed by atoms with E-state index in [2.05, 4.69) is 35.5 Å². The Morgan fingerprint density at radius 1 is 0.650 bits per heavy atom. The number of carbonyl (C=O) groups excluding carboxylic acids is 1. The molecule has 8 atom stereocenters. The zero-order chi connectivity index (χ0) is 44.3. The summed E-state index contributed by atoms with van der Waals surface area (Å²) in [4.78, 5) is 13.1. The van der Waals surface area contributed by atoms with Crippen molar-refractivity contribution in [2.45, 2.75) is 262 Å². The van der Waals surface area contributed by atoms with E-state index in [4.69, 9.17) is 9.47 Å². The summed E-state index contributed by atoms with van der Waals surface area (Å²) >= 11 is 0. The van der Waals surface area contributed by atoms with E-state index in [-0.39, 0.29) is 6.42 Å². The lowest BCUT2D eigenvalue weighted by molar-refractivity contribution is -0.298. The lowest BCUT2D eigenvalue weighted by Gasteiger charge is -2.41. The Bertz CT molecular complexity index is 1140. The Hall–Kier alpha value is -1.20. The van der Waals surface area contributed by atoms with Gasteiger partial charge >= 0.3 is 10.4 Å². The number of allylic oxidation sites excluding steroid dienone is 2. The SMILES string of the molecule is CCCCCCCCCCC/C=C\CCCCCCCCC(O)C(=O)NC(COC1OC(CO)C(O)C(OS(=O)(=O)O)C1O)C(O)CCCCCCCCCCCCCC. The van der Waals surface area contributed by atoms with E-state index in [0.717, 1.165) is 57.8 Å². The van der Waals surface area contributed by atoms with Crippen molar-refractivity contribution in [2.75, 3.05) is 13.2 Å².